The second-order valence-corrected chi connectivity index (χ2v) is 2.51. The molecule has 0 atom stereocenters. The molecule has 0 fully saturated rings. The number of hydrogen-bond donors (Lipinski definition) is 3. The van der Waals surface area contributed by atoms with Gasteiger partial charge in [0.05, 0.1) is 0 Å². The normalized spacial score (nSPS) is 9.18. The Morgan fingerprint density at radius 2 is 2.00 bits per heavy atom. The highest BCUT2D eigenvalue weighted by atomic mass is 15.3. The third kappa shape index (κ3) is 9.07. The zero-order valence-corrected chi connectivity index (χ0v) is 7.14. The minimum atomic E-state index is 0.0977. The summed E-state index contributed by atoms with van der Waals surface area (Å²) in [5.74, 6) is 0.0977. The van der Waals surface area contributed by atoms with Gasteiger partial charge >= 0.3 is 0 Å². The predicted octanol–water partition coefficient (Wildman–Crippen LogP) is 0.345. The van der Waals surface area contributed by atoms with E-state index in [0.717, 1.165) is 13.0 Å². The first-order valence-electron chi connectivity index (χ1n) is 4.09. The fourth-order valence-corrected chi connectivity index (χ4v) is 0.778. The van der Waals surface area contributed by atoms with Crippen LogP contribution in [0.4, 0.5) is 0 Å². The first-order chi connectivity index (χ1) is 5.27. The summed E-state index contributed by atoms with van der Waals surface area (Å²) in [5.41, 5.74) is 13.0. The van der Waals surface area contributed by atoms with Gasteiger partial charge in [0.1, 0.15) is 0 Å². The van der Waals surface area contributed by atoms with Crippen LogP contribution in [-0.2, 0) is 0 Å². The van der Waals surface area contributed by atoms with E-state index in [9.17, 15) is 0 Å². The van der Waals surface area contributed by atoms with E-state index in [1.165, 1.54) is 19.3 Å². The average molecular weight is 158 g/mol. The van der Waals surface area contributed by atoms with E-state index in [-0.39, 0.29) is 5.96 Å². The summed E-state index contributed by atoms with van der Waals surface area (Å²) in [6.45, 7) is 3.04. The molecule has 4 heteroatoms. The molecule has 0 heterocycles. The second kappa shape index (κ2) is 7.18. The van der Waals surface area contributed by atoms with Gasteiger partial charge in [-0.25, -0.2) is 0 Å². The lowest BCUT2D eigenvalue weighted by Crippen LogP contribution is -2.26. The molecule has 0 saturated carbocycles. The first-order valence-corrected chi connectivity index (χ1v) is 4.09. The van der Waals surface area contributed by atoms with Crippen LogP contribution >= 0.6 is 0 Å². The Labute approximate surface area is 68.0 Å². The van der Waals surface area contributed by atoms with Gasteiger partial charge in [0, 0.05) is 6.54 Å². The molecule has 66 valence electrons. The molecule has 0 aliphatic heterocycles. The van der Waals surface area contributed by atoms with Gasteiger partial charge in [0.25, 0.3) is 0 Å². The minimum absolute atomic E-state index is 0.0977. The molecule has 11 heavy (non-hydrogen) atoms. The highest BCUT2D eigenvalue weighted by Gasteiger charge is 1.85. The van der Waals surface area contributed by atoms with Crippen LogP contribution in [0, 0.1) is 0 Å². The molecule has 0 unspecified atom stereocenters. The zero-order valence-electron chi connectivity index (χ0n) is 7.14. The van der Waals surface area contributed by atoms with E-state index in [1.54, 1.807) is 0 Å². The highest BCUT2D eigenvalue weighted by molar-refractivity contribution is 5.75. The van der Waals surface area contributed by atoms with Crippen LogP contribution in [0.25, 0.3) is 0 Å². The van der Waals surface area contributed by atoms with Crippen LogP contribution in [0.1, 0.15) is 32.6 Å². The molecule has 0 aliphatic rings. The van der Waals surface area contributed by atoms with Crippen LogP contribution in [0.15, 0.2) is 5.10 Å². The number of nitrogens with zero attached hydrogens (tertiary/aromatic N) is 1. The maximum absolute atomic E-state index is 5.10. The molecule has 0 amide bonds. The molecule has 0 aromatic carbocycles. The molecule has 4 nitrogen and oxygen atoms in total. The maximum Gasteiger partial charge on any atom is 0.208 e. The van der Waals surface area contributed by atoms with Crippen molar-refractivity contribution >= 4 is 5.96 Å². The Hall–Kier alpha value is -0.930. The lowest BCUT2D eigenvalue weighted by molar-refractivity contribution is 0.614. The summed E-state index contributed by atoms with van der Waals surface area (Å²) in [4.78, 5) is 0. The summed E-state index contributed by atoms with van der Waals surface area (Å²) < 4.78 is 0. The Balaban J connectivity index is 2.97. The molecule has 0 aliphatic carbocycles. The molecule has 0 spiro atoms. The third-order valence-electron chi connectivity index (χ3n) is 1.35. The van der Waals surface area contributed by atoms with Gasteiger partial charge in [-0.3, -0.25) is 0 Å². The average Bonchev–Trinajstić information content (AvgIpc) is 1.96. The molecule has 0 rings (SSSR count). The van der Waals surface area contributed by atoms with Crippen molar-refractivity contribution in [2.75, 3.05) is 6.54 Å². The fourth-order valence-electron chi connectivity index (χ4n) is 0.778. The summed E-state index contributed by atoms with van der Waals surface area (Å²) in [6.07, 6.45) is 4.90. The molecule has 0 saturated heterocycles. The number of unbranched alkanes of at least 4 members (excludes halogenated alkanes) is 3. The van der Waals surface area contributed by atoms with E-state index >= 15 is 0 Å². The quantitative estimate of drug-likeness (QED) is 0.226. The van der Waals surface area contributed by atoms with Crippen LogP contribution < -0.4 is 16.9 Å². The molecular weight excluding hydrogens is 140 g/mol. The summed E-state index contributed by atoms with van der Waals surface area (Å²) in [7, 11) is 0. The molecule has 5 N–H and O–H groups in total. The molecule has 0 aromatic heterocycles. The third-order valence-corrected chi connectivity index (χ3v) is 1.35. The van der Waals surface area contributed by atoms with Crippen molar-refractivity contribution in [2.24, 2.45) is 16.6 Å². The summed E-state index contributed by atoms with van der Waals surface area (Å²) >= 11 is 0. The van der Waals surface area contributed by atoms with Crippen molar-refractivity contribution < 1.29 is 0 Å². The number of hydrogen-bond acceptors (Lipinski definition) is 2. The van der Waals surface area contributed by atoms with Gasteiger partial charge in [0.15, 0.2) is 0 Å². The summed E-state index contributed by atoms with van der Waals surface area (Å²) in [6, 6.07) is 0. The SMILES string of the molecule is CCCCCCNN=C(N)N. The van der Waals surface area contributed by atoms with E-state index in [0.29, 0.717) is 0 Å². The number of nitrogens with one attached hydrogen (secondary N) is 1. The van der Waals surface area contributed by atoms with E-state index in [1.807, 2.05) is 0 Å². The monoisotopic (exact) mass is 158 g/mol. The number of rotatable bonds is 6. The maximum atomic E-state index is 5.10. The molecular formula is C7H18N4. The van der Waals surface area contributed by atoms with Crippen molar-refractivity contribution in [1.29, 1.82) is 0 Å². The number of nitrogens with two attached hydrogens (primary N) is 2. The highest BCUT2D eigenvalue weighted by Crippen LogP contribution is 1.96. The van der Waals surface area contributed by atoms with Gasteiger partial charge in [-0.2, -0.15) is 0 Å². The van der Waals surface area contributed by atoms with Crippen molar-refractivity contribution in [2.45, 2.75) is 32.6 Å². The van der Waals surface area contributed by atoms with Crippen molar-refractivity contribution in [1.82, 2.24) is 5.43 Å². The first kappa shape index (κ1) is 10.1. The smallest absolute Gasteiger partial charge is 0.208 e. The Morgan fingerprint density at radius 3 is 2.55 bits per heavy atom. The van der Waals surface area contributed by atoms with Crippen LogP contribution in [0.5, 0.6) is 0 Å². The van der Waals surface area contributed by atoms with Crippen molar-refractivity contribution in [3.8, 4) is 0 Å². The second-order valence-electron chi connectivity index (χ2n) is 2.51. The minimum Gasteiger partial charge on any atom is -0.369 e. The Bertz CT molecular complexity index is 107. The number of hydrazone groups is 1. The van der Waals surface area contributed by atoms with E-state index in [4.69, 9.17) is 11.5 Å². The topological polar surface area (TPSA) is 76.4 Å². The largest absolute Gasteiger partial charge is 0.369 e. The lowest BCUT2D eigenvalue weighted by atomic mass is 10.2. The fraction of sp³-hybridized carbons (Fsp3) is 0.857. The molecule has 0 aromatic rings. The van der Waals surface area contributed by atoms with Crippen molar-refractivity contribution in [3.63, 3.8) is 0 Å². The molecule has 0 bridgehead atoms. The van der Waals surface area contributed by atoms with E-state index in [2.05, 4.69) is 17.5 Å². The van der Waals surface area contributed by atoms with Gasteiger partial charge in [-0.15, -0.1) is 5.10 Å². The number of guanidine groups is 1. The van der Waals surface area contributed by atoms with Crippen LogP contribution in [-0.4, -0.2) is 12.5 Å². The summed E-state index contributed by atoms with van der Waals surface area (Å²) in [5, 5.41) is 3.64. The van der Waals surface area contributed by atoms with Gasteiger partial charge in [0.2, 0.25) is 5.96 Å². The standard InChI is InChI=1S/C7H18N4/c1-2-3-4-5-6-10-11-7(8)9/h10H,2-6H2,1H3,(H4,8,9,11). The predicted molar refractivity (Wildman–Crippen MR) is 48.0 cm³/mol. The Morgan fingerprint density at radius 1 is 1.27 bits per heavy atom. The zero-order chi connectivity index (χ0) is 8.53. The van der Waals surface area contributed by atoms with E-state index < -0.39 is 0 Å². The van der Waals surface area contributed by atoms with Crippen molar-refractivity contribution in [3.05, 3.63) is 0 Å². The van der Waals surface area contributed by atoms with Gasteiger partial charge in [-0.1, -0.05) is 26.2 Å². The lowest BCUT2D eigenvalue weighted by Gasteiger charge is -1.99. The van der Waals surface area contributed by atoms with Crippen LogP contribution in [0.2, 0.25) is 0 Å². The Kier molecular flexibility index (Phi) is 6.57. The van der Waals surface area contributed by atoms with Crippen LogP contribution in [0.3, 0.4) is 0 Å². The van der Waals surface area contributed by atoms with Gasteiger partial charge < -0.3 is 16.9 Å². The molecule has 0 radical (unpaired) electrons. The van der Waals surface area contributed by atoms with Gasteiger partial charge in [-0.05, 0) is 6.42 Å².